The molecule has 2 aliphatic rings. The Kier molecular flexibility index (Phi) is 3.72. The zero-order valence-corrected chi connectivity index (χ0v) is 14.1. The number of fused-ring (bicyclic) bond motifs is 1. The highest BCUT2D eigenvalue weighted by molar-refractivity contribution is 7.16. The molecular formula is C14H14Cl2N4OS. The summed E-state index contributed by atoms with van der Waals surface area (Å²) in [6, 6.07) is 0. The molecule has 0 amide bonds. The Labute approximate surface area is 141 Å². The summed E-state index contributed by atoms with van der Waals surface area (Å²) in [5.41, 5.74) is 1.74. The van der Waals surface area contributed by atoms with Gasteiger partial charge in [-0.3, -0.25) is 9.69 Å². The van der Waals surface area contributed by atoms with E-state index in [0.29, 0.717) is 28.6 Å². The maximum atomic E-state index is 12.3. The van der Waals surface area contributed by atoms with Crippen molar-refractivity contribution in [2.45, 2.75) is 38.3 Å². The molecule has 3 heterocycles. The van der Waals surface area contributed by atoms with Gasteiger partial charge in [0.1, 0.15) is 11.0 Å². The van der Waals surface area contributed by atoms with Crippen LogP contribution in [0.2, 0.25) is 9.62 Å². The summed E-state index contributed by atoms with van der Waals surface area (Å²) in [6.45, 7) is 2.11. The van der Waals surface area contributed by atoms with Crippen molar-refractivity contribution in [3.63, 3.8) is 0 Å². The topological polar surface area (TPSA) is 61.9 Å². The molecule has 2 aromatic rings. The molecule has 116 valence electrons. The number of aromatic amines is 1. The molecule has 1 fully saturated rings. The summed E-state index contributed by atoms with van der Waals surface area (Å²) in [4.78, 5) is 27.1. The Balaban J connectivity index is 1.56. The van der Waals surface area contributed by atoms with Crippen LogP contribution in [0, 0.1) is 0 Å². The van der Waals surface area contributed by atoms with Crippen molar-refractivity contribution < 1.29 is 0 Å². The second-order valence-corrected chi connectivity index (χ2v) is 7.82. The van der Waals surface area contributed by atoms with Crippen LogP contribution in [0.5, 0.6) is 0 Å². The number of halogens is 2. The van der Waals surface area contributed by atoms with Crippen molar-refractivity contribution >= 4 is 34.5 Å². The lowest BCUT2D eigenvalue weighted by Gasteiger charge is -2.27. The first-order chi connectivity index (χ1) is 10.6. The standard InChI is InChI=1S/C14H14Cl2N4OS/c15-11-10(22-14(16)18-11)6-20-4-3-9-8(5-20)13(21)19-12(17-9)7-1-2-7/h7H,1-6H2,(H,17,19,21). The third-order valence-corrected chi connectivity index (χ3v) is 5.69. The van der Waals surface area contributed by atoms with Crippen LogP contribution in [0.15, 0.2) is 4.79 Å². The van der Waals surface area contributed by atoms with Crippen molar-refractivity contribution in [2.24, 2.45) is 0 Å². The molecule has 2 aromatic heterocycles. The van der Waals surface area contributed by atoms with Gasteiger partial charge < -0.3 is 4.98 Å². The van der Waals surface area contributed by atoms with Gasteiger partial charge in [-0.2, -0.15) is 0 Å². The van der Waals surface area contributed by atoms with Gasteiger partial charge in [0.2, 0.25) is 0 Å². The molecule has 1 aliphatic carbocycles. The number of nitrogens with zero attached hydrogens (tertiary/aromatic N) is 3. The van der Waals surface area contributed by atoms with Gasteiger partial charge in [-0.25, -0.2) is 9.97 Å². The van der Waals surface area contributed by atoms with Gasteiger partial charge in [-0.1, -0.05) is 23.2 Å². The van der Waals surface area contributed by atoms with Crippen LogP contribution < -0.4 is 5.56 Å². The van der Waals surface area contributed by atoms with E-state index < -0.39 is 0 Å². The second-order valence-electron chi connectivity index (χ2n) is 5.79. The first kappa shape index (κ1) is 14.6. The number of rotatable bonds is 3. The molecule has 0 spiro atoms. The average Bonchev–Trinajstić information content (AvgIpc) is 3.27. The highest BCUT2D eigenvalue weighted by Gasteiger charge is 2.29. The number of thiazole rings is 1. The summed E-state index contributed by atoms with van der Waals surface area (Å²) < 4.78 is 0.450. The monoisotopic (exact) mass is 356 g/mol. The number of H-pyrrole nitrogens is 1. The fourth-order valence-corrected chi connectivity index (χ4v) is 4.23. The molecular weight excluding hydrogens is 343 g/mol. The first-order valence-electron chi connectivity index (χ1n) is 7.25. The molecule has 0 unspecified atom stereocenters. The first-order valence-corrected chi connectivity index (χ1v) is 8.82. The van der Waals surface area contributed by atoms with E-state index in [1.165, 1.54) is 11.3 Å². The molecule has 0 radical (unpaired) electrons. The fraction of sp³-hybridized carbons (Fsp3) is 0.500. The molecule has 22 heavy (non-hydrogen) atoms. The van der Waals surface area contributed by atoms with Crippen LogP contribution in [-0.2, 0) is 19.5 Å². The SMILES string of the molecule is O=c1[nH]c(C2CC2)nc2c1CN(Cc1sc(Cl)nc1Cl)CC2. The lowest BCUT2D eigenvalue weighted by molar-refractivity contribution is 0.243. The average molecular weight is 357 g/mol. The minimum Gasteiger partial charge on any atom is -0.310 e. The number of aromatic nitrogens is 3. The maximum absolute atomic E-state index is 12.3. The minimum atomic E-state index is 0.00466. The number of nitrogens with one attached hydrogen (secondary N) is 1. The third-order valence-electron chi connectivity index (χ3n) is 4.12. The van der Waals surface area contributed by atoms with Gasteiger partial charge in [0.05, 0.1) is 16.1 Å². The molecule has 0 aromatic carbocycles. The van der Waals surface area contributed by atoms with Gasteiger partial charge in [0, 0.05) is 32.0 Å². The highest BCUT2D eigenvalue weighted by atomic mass is 35.5. The van der Waals surface area contributed by atoms with Crippen molar-refractivity contribution in [3.8, 4) is 0 Å². The molecule has 0 bridgehead atoms. The van der Waals surface area contributed by atoms with Crippen LogP contribution in [-0.4, -0.2) is 26.4 Å². The number of hydrogen-bond acceptors (Lipinski definition) is 5. The summed E-state index contributed by atoms with van der Waals surface area (Å²) in [6.07, 6.45) is 3.07. The van der Waals surface area contributed by atoms with Gasteiger partial charge in [-0.15, -0.1) is 11.3 Å². The van der Waals surface area contributed by atoms with E-state index >= 15 is 0 Å². The second kappa shape index (κ2) is 5.60. The van der Waals surface area contributed by atoms with Crippen LogP contribution in [0.3, 0.4) is 0 Å². The fourth-order valence-electron chi connectivity index (χ4n) is 2.79. The van der Waals surface area contributed by atoms with E-state index in [1.54, 1.807) is 0 Å². The van der Waals surface area contributed by atoms with Crippen LogP contribution in [0.4, 0.5) is 0 Å². The summed E-state index contributed by atoms with van der Waals surface area (Å²) >= 11 is 13.3. The molecule has 0 atom stereocenters. The summed E-state index contributed by atoms with van der Waals surface area (Å²) in [5, 5.41) is 0.455. The quantitative estimate of drug-likeness (QED) is 0.918. The van der Waals surface area contributed by atoms with E-state index in [4.69, 9.17) is 23.2 Å². The van der Waals surface area contributed by atoms with Crippen molar-refractivity contribution in [3.05, 3.63) is 41.9 Å². The summed E-state index contributed by atoms with van der Waals surface area (Å²) in [5.74, 6) is 1.34. The molecule has 1 N–H and O–H groups in total. The Morgan fingerprint density at radius 3 is 2.82 bits per heavy atom. The van der Waals surface area contributed by atoms with Crippen molar-refractivity contribution in [2.75, 3.05) is 6.54 Å². The number of hydrogen-bond donors (Lipinski definition) is 1. The van der Waals surface area contributed by atoms with E-state index in [1.807, 2.05) is 0 Å². The normalized spacial score (nSPS) is 18.5. The molecule has 1 aliphatic heterocycles. The summed E-state index contributed by atoms with van der Waals surface area (Å²) in [7, 11) is 0. The van der Waals surface area contributed by atoms with Crippen molar-refractivity contribution in [1.82, 2.24) is 19.9 Å². The lowest BCUT2D eigenvalue weighted by Crippen LogP contribution is -2.35. The maximum Gasteiger partial charge on any atom is 0.255 e. The molecule has 4 rings (SSSR count). The van der Waals surface area contributed by atoms with Gasteiger partial charge in [0.25, 0.3) is 5.56 Å². The lowest BCUT2D eigenvalue weighted by atomic mass is 10.1. The van der Waals surface area contributed by atoms with Gasteiger partial charge in [-0.05, 0) is 12.8 Å². The van der Waals surface area contributed by atoms with E-state index in [-0.39, 0.29) is 5.56 Å². The van der Waals surface area contributed by atoms with E-state index in [9.17, 15) is 4.79 Å². The van der Waals surface area contributed by atoms with E-state index in [0.717, 1.165) is 47.8 Å². The largest absolute Gasteiger partial charge is 0.310 e. The predicted molar refractivity (Wildman–Crippen MR) is 86.8 cm³/mol. The van der Waals surface area contributed by atoms with Gasteiger partial charge in [0.15, 0.2) is 4.47 Å². The third kappa shape index (κ3) is 2.80. The Morgan fingerprint density at radius 2 is 2.14 bits per heavy atom. The van der Waals surface area contributed by atoms with E-state index in [2.05, 4.69) is 19.9 Å². The minimum absolute atomic E-state index is 0.00466. The highest BCUT2D eigenvalue weighted by Crippen LogP contribution is 2.38. The molecule has 1 saturated carbocycles. The van der Waals surface area contributed by atoms with Crippen LogP contribution in [0.25, 0.3) is 0 Å². The Morgan fingerprint density at radius 1 is 1.32 bits per heavy atom. The Hall–Kier alpha value is -0.950. The van der Waals surface area contributed by atoms with Crippen molar-refractivity contribution in [1.29, 1.82) is 0 Å². The Bertz CT molecular complexity index is 784. The van der Waals surface area contributed by atoms with Gasteiger partial charge >= 0.3 is 0 Å². The smallest absolute Gasteiger partial charge is 0.255 e. The zero-order valence-electron chi connectivity index (χ0n) is 11.7. The van der Waals surface area contributed by atoms with Crippen LogP contribution >= 0.6 is 34.5 Å². The zero-order chi connectivity index (χ0) is 15.3. The molecule has 5 nitrogen and oxygen atoms in total. The van der Waals surface area contributed by atoms with Crippen LogP contribution in [0.1, 0.15) is 40.7 Å². The predicted octanol–water partition coefficient (Wildman–Crippen LogP) is 2.97. The molecule has 0 saturated heterocycles. The molecule has 8 heteroatoms.